The van der Waals surface area contributed by atoms with E-state index in [1.165, 1.54) is 6.92 Å². The number of carbonyl (C=O) groups is 2. The maximum Gasteiger partial charge on any atom is 0.437 e. The molecule has 1 aromatic heterocycles. The van der Waals surface area contributed by atoms with E-state index >= 15 is 0 Å². The van der Waals surface area contributed by atoms with Crippen molar-refractivity contribution in [3.05, 3.63) is 65.1 Å². The van der Waals surface area contributed by atoms with Crippen molar-refractivity contribution in [3.63, 3.8) is 0 Å². The molecule has 9 nitrogen and oxygen atoms in total. The highest BCUT2D eigenvalue weighted by atomic mass is 16.5. The Morgan fingerprint density at radius 3 is 2.50 bits per heavy atom. The van der Waals surface area contributed by atoms with Crippen LogP contribution in [-0.4, -0.2) is 34.4 Å². The number of aromatic nitrogens is 2. The van der Waals surface area contributed by atoms with Gasteiger partial charge < -0.3 is 19.2 Å². The molecule has 0 saturated carbocycles. The number of benzene rings is 2. The Morgan fingerprint density at radius 1 is 1.13 bits per heavy atom. The third-order valence-electron chi connectivity index (χ3n) is 4.02. The third-order valence-corrected chi connectivity index (χ3v) is 4.02. The first kappa shape index (κ1) is 20.8. The standard InChI is InChI=1S/C21H21N3O6/c1-3-28-17-11-9-16(10-12-17)22-19(26)14(2)29-18(25)13-24-21(27)30-20(23-24)15-7-5-4-6-8-15/h4-12,14H,3,13H2,1-2H3,(H,22,26)/t14-/m1/s1. The molecule has 0 unspecified atom stereocenters. The first-order valence-electron chi connectivity index (χ1n) is 9.33. The van der Waals surface area contributed by atoms with Gasteiger partial charge in [-0.1, -0.05) is 18.2 Å². The van der Waals surface area contributed by atoms with Crippen LogP contribution < -0.4 is 15.8 Å². The average molecular weight is 411 g/mol. The fourth-order valence-corrected chi connectivity index (χ4v) is 2.56. The van der Waals surface area contributed by atoms with Crippen LogP contribution in [0.25, 0.3) is 11.5 Å². The average Bonchev–Trinajstić information content (AvgIpc) is 3.10. The van der Waals surface area contributed by atoms with Gasteiger partial charge in [0, 0.05) is 11.3 Å². The van der Waals surface area contributed by atoms with Crippen molar-refractivity contribution < 1.29 is 23.5 Å². The molecular formula is C21H21N3O6. The lowest BCUT2D eigenvalue weighted by Gasteiger charge is -2.13. The SMILES string of the molecule is CCOc1ccc(NC(=O)[C@@H](C)OC(=O)Cn2nc(-c3ccccc3)oc2=O)cc1. The molecule has 9 heteroatoms. The van der Waals surface area contributed by atoms with Crippen molar-refractivity contribution in [1.29, 1.82) is 0 Å². The Bertz CT molecular complexity index is 1060. The second-order valence-electron chi connectivity index (χ2n) is 6.28. The highest BCUT2D eigenvalue weighted by Crippen LogP contribution is 2.16. The van der Waals surface area contributed by atoms with Crippen LogP contribution >= 0.6 is 0 Å². The van der Waals surface area contributed by atoms with Crippen LogP contribution in [0.2, 0.25) is 0 Å². The van der Waals surface area contributed by atoms with Crippen molar-refractivity contribution >= 4 is 17.6 Å². The molecule has 0 radical (unpaired) electrons. The topological polar surface area (TPSA) is 113 Å². The van der Waals surface area contributed by atoms with Crippen molar-refractivity contribution in [1.82, 2.24) is 9.78 Å². The molecule has 2 aromatic carbocycles. The number of hydrogen-bond donors (Lipinski definition) is 1. The Hall–Kier alpha value is -3.88. The fraction of sp³-hybridized carbons (Fsp3) is 0.238. The second-order valence-corrected chi connectivity index (χ2v) is 6.28. The zero-order valence-corrected chi connectivity index (χ0v) is 16.5. The first-order valence-corrected chi connectivity index (χ1v) is 9.33. The van der Waals surface area contributed by atoms with Gasteiger partial charge in [0.2, 0.25) is 5.89 Å². The predicted octanol–water partition coefficient (Wildman–Crippen LogP) is 2.47. The zero-order chi connectivity index (χ0) is 21.5. The summed E-state index contributed by atoms with van der Waals surface area (Å²) < 4.78 is 16.4. The van der Waals surface area contributed by atoms with E-state index in [1.807, 2.05) is 13.0 Å². The fourth-order valence-electron chi connectivity index (χ4n) is 2.56. The van der Waals surface area contributed by atoms with Gasteiger partial charge in [0.05, 0.1) is 6.61 Å². The van der Waals surface area contributed by atoms with Crippen LogP contribution in [0.3, 0.4) is 0 Å². The highest BCUT2D eigenvalue weighted by Gasteiger charge is 2.20. The van der Waals surface area contributed by atoms with E-state index in [9.17, 15) is 14.4 Å². The van der Waals surface area contributed by atoms with Gasteiger partial charge in [-0.05, 0) is 50.2 Å². The van der Waals surface area contributed by atoms with E-state index in [-0.39, 0.29) is 5.89 Å². The number of amides is 1. The van der Waals surface area contributed by atoms with Crippen LogP contribution in [-0.2, 0) is 20.9 Å². The van der Waals surface area contributed by atoms with Gasteiger partial charge in [-0.15, -0.1) is 5.10 Å². The molecule has 0 saturated heterocycles. The molecule has 0 aliphatic carbocycles. The Balaban J connectivity index is 1.56. The number of ether oxygens (including phenoxy) is 2. The molecule has 3 rings (SSSR count). The zero-order valence-electron chi connectivity index (χ0n) is 16.5. The number of carbonyl (C=O) groups excluding carboxylic acids is 2. The lowest BCUT2D eigenvalue weighted by molar-refractivity contribution is -0.154. The molecule has 156 valence electrons. The Kier molecular flexibility index (Phi) is 6.63. The summed E-state index contributed by atoms with van der Waals surface area (Å²) >= 11 is 0. The summed E-state index contributed by atoms with van der Waals surface area (Å²) in [5.74, 6) is -1.32. The van der Waals surface area contributed by atoms with Gasteiger partial charge in [-0.25, -0.2) is 4.79 Å². The van der Waals surface area contributed by atoms with Gasteiger partial charge in [-0.2, -0.15) is 4.68 Å². The molecule has 0 aliphatic rings. The molecule has 1 N–H and O–H groups in total. The lowest BCUT2D eigenvalue weighted by Crippen LogP contribution is -2.32. The van der Waals surface area contributed by atoms with Crippen LogP contribution in [0.15, 0.2) is 63.8 Å². The van der Waals surface area contributed by atoms with Crippen LogP contribution in [0.1, 0.15) is 13.8 Å². The van der Waals surface area contributed by atoms with Gasteiger partial charge in [-0.3, -0.25) is 9.59 Å². The molecule has 0 bridgehead atoms. The van der Waals surface area contributed by atoms with E-state index in [4.69, 9.17) is 13.9 Å². The maximum absolute atomic E-state index is 12.2. The van der Waals surface area contributed by atoms with Crippen LogP contribution in [0, 0.1) is 0 Å². The van der Waals surface area contributed by atoms with Gasteiger partial charge >= 0.3 is 11.7 Å². The van der Waals surface area contributed by atoms with E-state index in [1.54, 1.807) is 48.5 Å². The summed E-state index contributed by atoms with van der Waals surface area (Å²) in [7, 11) is 0. The van der Waals surface area contributed by atoms with Crippen molar-refractivity contribution in [2.45, 2.75) is 26.5 Å². The quantitative estimate of drug-likeness (QED) is 0.567. The van der Waals surface area contributed by atoms with E-state index < -0.39 is 30.3 Å². The first-order chi connectivity index (χ1) is 14.5. The second kappa shape index (κ2) is 9.55. The molecule has 0 fully saturated rings. The third kappa shape index (κ3) is 5.34. The predicted molar refractivity (Wildman–Crippen MR) is 108 cm³/mol. The summed E-state index contributed by atoms with van der Waals surface area (Å²) in [6.45, 7) is 3.38. The van der Waals surface area contributed by atoms with Crippen LogP contribution in [0.5, 0.6) is 5.75 Å². The highest BCUT2D eigenvalue weighted by molar-refractivity contribution is 5.95. The van der Waals surface area contributed by atoms with Gasteiger partial charge in [0.15, 0.2) is 6.10 Å². The maximum atomic E-state index is 12.2. The monoisotopic (exact) mass is 411 g/mol. The Labute approximate surface area is 172 Å². The molecule has 30 heavy (non-hydrogen) atoms. The molecule has 1 amide bonds. The number of hydrogen-bond acceptors (Lipinski definition) is 7. The summed E-state index contributed by atoms with van der Waals surface area (Å²) in [5, 5.41) is 6.63. The van der Waals surface area contributed by atoms with Crippen molar-refractivity contribution in [3.8, 4) is 17.2 Å². The molecule has 0 aliphatic heterocycles. The lowest BCUT2D eigenvalue weighted by atomic mass is 10.2. The minimum atomic E-state index is -1.07. The number of rotatable bonds is 8. The van der Waals surface area contributed by atoms with Gasteiger partial charge in [0.1, 0.15) is 12.3 Å². The summed E-state index contributed by atoms with van der Waals surface area (Å²) in [6, 6.07) is 15.6. The summed E-state index contributed by atoms with van der Waals surface area (Å²) in [5.41, 5.74) is 1.14. The summed E-state index contributed by atoms with van der Waals surface area (Å²) in [6.07, 6.45) is -1.07. The molecule has 0 spiro atoms. The van der Waals surface area contributed by atoms with Crippen LogP contribution in [0.4, 0.5) is 5.69 Å². The van der Waals surface area contributed by atoms with E-state index in [0.717, 1.165) is 4.68 Å². The molecular weight excluding hydrogens is 390 g/mol. The van der Waals surface area contributed by atoms with Gasteiger partial charge in [0.25, 0.3) is 5.91 Å². The minimum Gasteiger partial charge on any atom is -0.494 e. The number of nitrogens with one attached hydrogen (secondary N) is 1. The van der Waals surface area contributed by atoms with E-state index in [0.29, 0.717) is 23.6 Å². The normalized spacial score (nSPS) is 11.5. The molecule has 1 heterocycles. The number of anilines is 1. The Morgan fingerprint density at radius 2 is 1.83 bits per heavy atom. The van der Waals surface area contributed by atoms with Crippen molar-refractivity contribution in [2.24, 2.45) is 0 Å². The largest absolute Gasteiger partial charge is 0.494 e. The molecule has 1 atom stereocenters. The smallest absolute Gasteiger partial charge is 0.437 e. The number of nitrogens with zero attached hydrogens (tertiary/aromatic N) is 2. The van der Waals surface area contributed by atoms with Crippen molar-refractivity contribution in [2.75, 3.05) is 11.9 Å². The molecule has 3 aromatic rings. The minimum absolute atomic E-state index is 0.0923. The van der Waals surface area contributed by atoms with E-state index in [2.05, 4.69) is 10.4 Å². The summed E-state index contributed by atoms with van der Waals surface area (Å²) in [4.78, 5) is 36.3. The number of esters is 1.